The minimum atomic E-state index is 0.709. The van der Waals surface area contributed by atoms with Crippen molar-refractivity contribution in [2.45, 2.75) is 13.8 Å². The first-order valence-electron chi connectivity index (χ1n) is 9.07. The second-order valence-corrected chi connectivity index (χ2v) is 5.99. The lowest BCUT2D eigenvalue weighted by molar-refractivity contribution is 0.415. The Morgan fingerprint density at radius 3 is 2.15 bits per heavy atom. The number of methoxy groups -OCH3 is 1. The standard InChI is InChI=1S/C21H25N5O/c1-4-26(5-2)18-11-9-16(10-12-18)24-20-14-21(23-15-22-20)25-17-7-6-8-19(13-17)27-3/h6-15H,4-5H2,1-3H3,(H2,22,23,24,25). The van der Waals surface area contributed by atoms with E-state index in [4.69, 9.17) is 4.74 Å². The van der Waals surface area contributed by atoms with Crippen molar-refractivity contribution in [2.75, 3.05) is 35.7 Å². The predicted octanol–water partition coefficient (Wildman–Crippen LogP) is 4.82. The van der Waals surface area contributed by atoms with Gasteiger partial charge in [-0.2, -0.15) is 0 Å². The lowest BCUT2D eigenvalue weighted by Gasteiger charge is -2.21. The minimum absolute atomic E-state index is 0.709. The van der Waals surface area contributed by atoms with Crippen LogP contribution in [-0.4, -0.2) is 30.2 Å². The molecule has 0 unspecified atom stereocenters. The molecule has 0 aliphatic rings. The molecular formula is C21H25N5O. The van der Waals surface area contributed by atoms with Gasteiger partial charge >= 0.3 is 0 Å². The van der Waals surface area contributed by atoms with Gasteiger partial charge in [0.05, 0.1) is 7.11 Å². The molecule has 6 nitrogen and oxygen atoms in total. The van der Waals surface area contributed by atoms with E-state index in [1.807, 2.05) is 30.3 Å². The largest absolute Gasteiger partial charge is 0.497 e. The molecule has 0 atom stereocenters. The van der Waals surface area contributed by atoms with Crippen LogP contribution in [0.2, 0.25) is 0 Å². The number of hydrogen-bond donors (Lipinski definition) is 2. The Labute approximate surface area is 160 Å². The van der Waals surface area contributed by atoms with Crippen molar-refractivity contribution in [3.8, 4) is 5.75 Å². The van der Waals surface area contributed by atoms with Gasteiger partial charge in [-0.15, -0.1) is 0 Å². The average molecular weight is 363 g/mol. The number of hydrogen-bond acceptors (Lipinski definition) is 6. The van der Waals surface area contributed by atoms with Crippen LogP contribution in [0.15, 0.2) is 60.9 Å². The topological polar surface area (TPSA) is 62.3 Å². The number of benzene rings is 2. The van der Waals surface area contributed by atoms with E-state index in [1.165, 1.54) is 12.0 Å². The zero-order valence-electron chi connectivity index (χ0n) is 15.9. The molecule has 0 aliphatic heterocycles. The molecule has 0 radical (unpaired) electrons. The zero-order chi connectivity index (χ0) is 19.1. The molecule has 140 valence electrons. The molecule has 1 aromatic heterocycles. The molecule has 1 heterocycles. The highest BCUT2D eigenvalue weighted by Gasteiger charge is 2.04. The summed E-state index contributed by atoms with van der Waals surface area (Å²) in [5, 5.41) is 6.59. The summed E-state index contributed by atoms with van der Waals surface area (Å²) in [5.74, 6) is 2.23. The Hall–Kier alpha value is -3.28. The number of ether oxygens (including phenoxy) is 1. The van der Waals surface area contributed by atoms with Crippen LogP contribution in [0, 0.1) is 0 Å². The van der Waals surface area contributed by atoms with Crippen LogP contribution in [-0.2, 0) is 0 Å². The number of nitrogens with one attached hydrogen (secondary N) is 2. The maximum atomic E-state index is 5.25. The predicted molar refractivity (Wildman–Crippen MR) is 112 cm³/mol. The molecule has 3 aromatic rings. The third-order valence-corrected chi connectivity index (χ3v) is 4.28. The summed E-state index contributed by atoms with van der Waals surface area (Å²) >= 11 is 0. The van der Waals surface area contributed by atoms with Crippen LogP contribution in [0.3, 0.4) is 0 Å². The fourth-order valence-electron chi connectivity index (χ4n) is 2.83. The Bertz CT molecular complexity index is 862. The number of aromatic nitrogens is 2. The molecule has 0 aliphatic carbocycles. The van der Waals surface area contributed by atoms with Crippen molar-refractivity contribution in [1.29, 1.82) is 0 Å². The fraction of sp³-hybridized carbons (Fsp3) is 0.238. The van der Waals surface area contributed by atoms with Crippen LogP contribution < -0.4 is 20.3 Å². The summed E-state index contributed by atoms with van der Waals surface area (Å²) in [7, 11) is 1.65. The van der Waals surface area contributed by atoms with Crippen molar-refractivity contribution in [1.82, 2.24) is 9.97 Å². The van der Waals surface area contributed by atoms with E-state index in [2.05, 4.69) is 63.6 Å². The molecule has 0 spiro atoms. The number of anilines is 5. The van der Waals surface area contributed by atoms with Gasteiger partial charge in [-0.25, -0.2) is 9.97 Å². The van der Waals surface area contributed by atoms with E-state index in [-0.39, 0.29) is 0 Å². The van der Waals surface area contributed by atoms with Crippen molar-refractivity contribution in [2.24, 2.45) is 0 Å². The first-order chi connectivity index (χ1) is 13.2. The lowest BCUT2D eigenvalue weighted by Crippen LogP contribution is -2.21. The molecule has 27 heavy (non-hydrogen) atoms. The van der Waals surface area contributed by atoms with E-state index in [1.54, 1.807) is 7.11 Å². The number of nitrogens with zero attached hydrogens (tertiary/aromatic N) is 3. The summed E-state index contributed by atoms with van der Waals surface area (Å²) in [5.41, 5.74) is 3.10. The summed E-state index contributed by atoms with van der Waals surface area (Å²) in [6.45, 7) is 6.31. The van der Waals surface area contributed by atoms with Crippen LogP contribution in [0.5, 0.6) is 5.75 Å². The van der Waals surface area contributed by atoms with Crippen molar-refractivity contribution < 1.29 is 4.74 Å². The first-order valence-corrected chi connectivity index (χ1v) is 9.07. The van der Waals surface area contributed by atoms with Gasteiger partial charge in [0.2, 0.25) is 0 Å². The summed E-state index contributed by atoms with van der Waals surface area (Å²) in [6, 6.07) is 17.9. The monoisotopic (exact) mass is 363 g/mol. The van der Waals surface area contributed by atoms with Crippen LogP contribution in [0.25, 0.3) is 0 Å². The van der Waals surface area contributed by atoms with E-state index >= 15 is 0 Å². The highest BCUT2D eigenvalue weighted by atomic mass is 16.5. The van der Waals surface area contributed by atoms with Crippen LogP contribution in [0.4, 0.5) is 28.7 Å². The third kappa shape index (κ3) is 4.88. The second kappa shape index (κ2) is 8.89. The second-order valence-electron chi connectivity index (χ2n) is 5.99. The van der Waals surface area contributed by atoms with Gasteiger partial charge in [0.25, 0.3) is 0 Å². The molecule has 6 heteroatoms. The van der Waals surface area contributed by atoms with Crippen molar-refractivity contribution in [3.63, 3.8) is 0 Å². The highest BCUT2D eigenvalue weighted by Crippen LogP contribution is 2.23. The quantitative estimate of drug-likeness (QED) is 0.598. The lowest BCUT2D eigenvalue weighted by atomic mass is 10.2. The van der Waals surface area contributed by atoms with Gasteiger partial charge in [-0.3, -0.25) is 0 Å². The zero-order valence-corrected chi connectivity index (χ0v) is 15.9. The Balaban J connectivity index is 1.70. The van der Waals surface area contributed by atoms with E-state index in [0.717, 1.165) is 36.0 Å². The first kappa shape index (κ1) is 18.5. The third-order valence-electron chi connectivity index (χ3n) is 4.28. The average Bonchev–Trinajstić information content (AvgIpc) is 2.70. The van der Waals surface area contributed by atoms with Crippen molar-refractivity contribution >= 4 is 28.7 Å². The smallest absolute Gasteiger partial charge is 0.135 e. The molecular weight excluding hydrogens is 338 g/mol. The summed E-state index contributed by atoms with van der Waals surface area (Å²) in [4.78, 5) is 10.9. The van der Waals surface area contributed by atoms with Gasteiger partial charge in [0.15, 0.2) is 0 Å². The summed E-state index contributed by atoms with van der Waals surface area (Å²) in [6.07, 6.45) is 1.54. The Morgan fingerprint density at radius 1 is 0.852 bits per heavy atom. The van der Waals surface area contributed by atoms with Gasteiger partial charge < -0.3 is 20.3 Å². The molecule has 0 bridgehead atoms. The SMILES string of the molecule is CCN(CC)c1ccc(Nc2cc(Nc3cccc(OC)c3)ncn2)cc1. The maximum absolute atomic E-state index is 5.25. The highest BCUT2D eigenvalue weighted by molar-refractivity contribution is 5.65. The summed E-state index contributed by atoms with van der Waals surface area (Å²) < 4.78 is 5.25. The van der Waals surface area contributed by atoms with Crippen LogP contribution in [0.1, 0.15) is 13.8 Å². The van der Waals surface area contributed by atoms with Gasteiger partial charge in [0, 0.05) is 42.3 Å². The van der Waals surface area contributed by atoms with E-state index in [0.29, 0.717) is 5.82 Å². The van der Waals surface area contributed by atoms with Crippen LogP contribution >= 0.6 is 0 Å². The molecule has 2 aromatic carbocycles. The molecule has 0 saturated carbocycles. The Morgan fingerprint density at radius 2 is 1.52 bits per heavy atom. The number of rotatable bonds is 8. The van der Waals surface area contributed by atoms with Gasteiger partial charge in [-0.05, 0) is 50.2 Å². The molecule has 2 N–H and O–H groups in total. The van der Waals surface area contributed by atoms with E-state index < -0.39 is 0 Å². The van der Waals surface area contributed by atoms with Crippen molar-refractivity contribution in [3.05, 3.63) is 60.9 Å². The van der Waals surface area contributed by atoms with Gasteiger partial charge in [-0.1, -0.05) is 6.07 Å². The van der Waals surface area contributed by atoms with Gasteiger partial charge in [0.1, 0.15) is 23.7 Å². The fourth-order valence-corrected chi connectivity index (χ4v) is 2.83. The molecule has 0 fully saturated rings. The molecule has 0 saturated heterocycles. The molecule has 0 amide bonds. The van der Waals surface area contributed by atoms with E-state index in [9.17, 15) is 0 Å². The normalized spacial score (nSPS) is 10.3. The molecule has 3 rings (SSSR count). The maximum Gasteiger partial charge on any atom is 0.135 e. The minimum Gasteiger partial charge on any atom is -0.497 e. The Kier molecular flexibility index (Phi) is 6.10.